The Bertz CT molecular complexity index is 396. The van der Waals surface area contributed by atoms with E-state index in [0.717, 1.165) is 4.31 Å². The molecule has 0 saturated carbocycles. The molecule has 0 aromatic heterocycles. The van der Waals surface area contributed by atoms with Gasteiger partial charge in [-0.3, -0.25) is 9.00 Å². The Hall–Kier alpha value is -0.510. The number of carboxylic acid groups (broad SMARTS) is 1. The fourth-order valence-corrected chi connectivity index (χ4v) is 2.94. The third-order valence-electron chi connectivity index (χ3n) is 2.24. The molecule has 2 unspecified atom stereocenters. The topological polar surface area (TPSA) is 104 Å². The van der Waals surface area contributed by atoms with Crippen LogP contribution in [0, 0.1) is 0 Å². The van der Waals surface area contributed by atoms with E-state index in [-0.39, 0.29) is 19.0 Å². The zero-order valence-electron chi connectivity index (χ0n) is 10.7. The van der Waals surface area contributed by atoms with E-state index < -0.39 is 27.0 Å². The van der Waals surface area contributed by atoms with E-state index in [1.807, 2.05) is 0 Å². The van der Waals surface area contributed by atoms with Crippen LogP contribution in [0.25, 0.3) is 0 Å². The Labute approximate surface area is 110 Å². The van der Waals surface area contributed by atoms with Gasteiger partial charge in [0.05, 0.1) is 6.42 Å². The molecule has 0 bridgehead atoms. The van der Waals surface area contributed by atoms with E-state index in [9.17, 15) is 17.4 Å². The second-order valence-corrected chi connectivity index (χ2v) is 7.42. The smallest absolute Gasteiger partial charge is 0.304 e. The van der Waals surface area contributed by atoms with Gasteiger partial charge >= 0.3 is 5.97 Å². The standard InChI is InChI=1S/C9H20N2O5S2/c1-8(5-7-17(3)14)10-18(15,16)11(2)6-4-9(12)13/h8,10H,4-7H2,1-3H3,(H,12,13). The summed E-state index contributed by atoms with van der Waals surface area (Å²) in [5.41, 5.74) is 0. The Morgan fingerprint density at radius 2 is 2.06 bits per heavy atom. The summed E-state index contributed by atoms with van der Waals surface area (Å²) in [4.78, 5) is 10.4. The molecule has 0 aromatic carbocycles. The van der Waals surface area contributed by atoms with Gasteiger partial charge < -0.3 is 5.11 Å². The molecule has 0 aromatic rings. The predicted octanol–water partition coefficient (Wildman–Crippen LogP) is -0.616. The van der Waals surface area contributed by atoms with Crippen LogP contribution in [0.2, 0.25) is 0 Å². The molecule has 0 aliphatic rings. The zero-order valence-corrected chi connectivity index (χ0v) is 12.4. The summed E-state index contributed by atoms with van der Waals surface area (Å²) in [5, 5.41) is 8.48. The first kappa shape index (κ1) is 17.5. The molecule has 2 N–H and O–H groups in total. The summed E-state index contributed by atoms with van der Waals surface area (Å²) >= 11 is 0. The van der Waals surface area contributed by atoms with Crippen LogP contribution >= 0.6 is 0 Å². The van der Waals surface area contributed by atoms with Crippen molar-refractivity contribution < 1.29 is 22.5 Å². The summed E-state index contributed by atoms with van der Waals surface area (Å²) in [6.45, 7) is 1.59. The zero-order chi connectivity index (χ0) is 14.3. The minimum absolute atomic E-state index is 0.0862. The van der Waals surface area contributed by atoms with Gasteiger partial charge in [0.25, 0.3) is 10.2 Å². The van der Waals surface area contributed by atoms with Gasteiger partial charge in [-0.2, -0.15) is 17.4 Å². The largest absolute Gasteiger partial charge is 0.481 e. The molecular formula is C9H20N2O5S2. The van der Waals surface area contributed by atoms with Crippen molar-refractivity contribution in [3.05, 3.63) is 0 Å². The lowest BCUT2D eigenvalue weighted by molar-refractivity contribution is -0.137. The van der Waals surface area contributed by atoms with Crippen LogP contribution < -0.4 is 4.72 Å². The third-order valence-corrected chi connectivity index (χ3v) is 4.75. The van der Waals surface area contributed by atoms with Gasteiger partial charge in [-0.05, 0) is 13.3 Å². The number of hydrogen-bond donors (Lipinski definition) is 2. The van der Waals surface area contributed by atoms with Gasteiger partial charge in [-0.1, -0.05) is 0 Å². The second-order valence-electron chi connectivity index (χ2n) is 4.06. The van der Waals surface area contributed by atoms with Gasteiger partial charge in [0.15, 0.2) is 0 Å². The van der Waals surface area contributed by atoms with Crippen LogP contribution in [-0.4, -0.2) is 59.7 Å². The molecule has 0 fully saturated rings. The summed E-state index contributed by atoms with van der Waals surface area (Å²) in [7, 11) is -3.33. The van der Waals surface area contributed by atoms with E-state index in [1.165, 1.54) is 7.05 Å². The highest BCUT2D eigenvalue weighted by Crippen LogP contribution is 2.01. The molecule has 18 heavy (non-hydrogen) atoms. The first-order valence-electron chi connectivity index (χ1n) is 5.40. The number of carboxylic acids is 1. The van der Waals surface area contributed by atoms with Crippen LogP contribution in [0.5, 0.6) is 0 Å². The van der Waals surface area contributed by atoms with Crippen LogP contribution in [0.1, 0.15) is 19.8 Å². The molecule has 9 heteroatoms. The maximum atomic E-state index is 11.7. The third kappa shape index (κ3) is 7.75. The van der Waals surface area contributed by atoms with Crippen molar-refractivity contribution in [2.45, 2.75) is 25.8 Å². The van der Waals surface area contributed by atoms with Crippen LogP contribution in [0.3, 0.4) is 0 Å². The highest BCUT2D eigenvalue weighted by atomic mass is 32.2. The van der Waals surface area contributed by atoms with Crippen molar-refractivity contribution in [2.24, 2.45) is 0 Å². The highest BCUT2D eigenvalue weighted by Gasteiger charge is 2.20. The van der Waals surface area contributed by atoms with Gasteiger partial charge in [0.2, 0.25) is 0 Å². The summed E-state index contributed by atoms with van der Waals surface area (Å²) < 4.78 is 37.7. The maximum absolute atomic E-state index is 11.7. The van der Waals surface area contributed by atoms with Crippen LogP contribution in [0.15, 0.2) is 0 Å². The first-order chi connectivity index (χ1) is 8.15. The average molecular weight is 300 g/mol. The highest BCUT2D eigenvalue weighted by molar-refractivity contribution is 7.87. The van der Waals surface area contributed by atoms with Crippen LogP contribution in [-0.2, 0) is 25.8 Å². The van der Waals surface area contributed by atoms with E-state index >= 15 is 0 Å². The minimum atomic E-state index is -3.68. The molecule has 108 valence electrons. The van der Waals surface area contributed by atoms with E-state index in [4.69, 9.17) is 5.11 Å². The number of hydrogen-bond acceptors (Lipinski definition) is 4. The lowest BCUT2D eigenvalue weighted by atomic mass is 10.3. The quantitative estimate of drug-likeness (QED) is 0.591. The molecular weight excluding hydrogens is 280 g/mol. The average Bonchev–Trinajstić information content (AvgIpc) is 2.22. The Kier molecular flexibility index (Phi) is 7.60. The second kappa shape index (κ2) is 7.82. The molecule has 7 nitrogen and oxygen atoms in total. The normalized spacial score (nSPS) is 15.6. The lowest BCUT2D eigenvalue weighted by Gasteiger charge is -2.20. The Morgan fingerprint density at radius 3 is 2.50 bits per heavy atom. The number of nitrogens with zero attached hydrogens (tertiary/aromatic N) is 1. The van der Waals surface area contributed by atoms with Crippen molar-refractivity contribution >= 4 is 27.0 Å². The van der Waals surface area contributed by atoms with Crippen molar-refractivity contribution in [1.29, 1.82) is 0 Å². The maximum Gasteiger partial charge on any atom is 0.304 e. The molecule has 0 rings (SSSR count). The van der Waals surface area contributed by atoms with Gasteiger partial charge in [0.1, 0.15) is 0 Å². The SMILES string of the molecule is CC(CCS(C)=O)NS(=O)(=O)N(C)CCC(=O)O. The summed E-state index contributed by atoms with van der Waals surface area (Å²) in [5.74, 6) is -0.630. The summed E-state index contributed by atoms with van der Waals surface area (Å²) in [6.07, 6.45) is 1.78. The van der Waals surface area contributed by atoms with Gasteiger partial charge in [0, 0.05) is 42.4 Å². The van der Waals surface area contributed by atoms with Crippen molar-refractivity contribution in [2.75, 3.05) is 25.6 Å². The molecule has 0 amide bonds. The molecule has 0 aliphatic carbocycles. The van der Waals surface area contributed by atoms with E-state index in [0.29, 0.717) is 12.2 Å². The Balaban J connectivity index is 4.28. The molecule has 0 spiro atoms. The summed E-state index contributed by atoms with van der Waals surface area (Å²) in [6, 6.07) is -0.342. The van der Waals surface area contributed by atoms with Gasteiger partial charge in [-0.25, -0.2) is 0 Å². The van der Waals surface area contributed by atoms with Crippen LogP contribution in [0.4, 0.5) is 0 Å². The molecule has 0 aliphatic heterocycles. The van der Waals surface area contributed by atoms with Crippen molar-refractivity contribution in [3.8, 4) is 0 Å². The lowest BCUT2D eigenvalue weighted by Crippen LogP contribution is -2.43. The minimum Gasteiger partial charge on any atom is -0.481 e. The molecule has 0 saturated heterocycles. The fraction of sp³-hybridized carbons (Fsp3) is 0.889. The fourth-order valence-electron chi connectivity index (χ4n) is 1.12. The first-order valence-corrected chi connectivity index (χ1v) is 8.57. The van der Waals surface area contributed by atoms with E-state index in [1.54, 1.807) is 13.2 Å². The van der Waals surface area contributed by atoms with Gasteiger partial charge in [-0.15, -0.1) is 0 Å². The number of rotatable bonds is 9. The predicted molar refractivity (Wildman–Crippen MR) is 70.0 cm³/mol. The monoisotopic (exact) mass is 300 g/mol. The number of nitrogens with one attached hydrogen (secondary N) is 1. The number of aliphatic carboxylic acids is 1. The Morgan fingerprint density at radius 1 is 1.50 bits per heavy atom. The van der Waals surface area contributed by atoms with E-state index in [2.05, 4.69) is 4.72 Å². The molecule has 0 heterocycles. The molecule has 0 radical (unpaired) electrons. The molecule has 2 atom stereocenters. The van der Waals surface area contributed by atoms with Crippen molar-refractivity contribution in [1.82, 2.24) is 9.03 Å². The van der Waals surface area contributed by atoms with Crippen molar-refractivity contribution in [3.63, 3.8) is 0 Å². The number of carbonyl (C=O) groups is 1.